The van der Waals surface area contributed by atoms with Crippen molar-refractivity contribution < 1.29 is 9.53 Å². The Balaban J connectivity index is 1.56. The van der Waals surface area contributed by atoms with Gasteiger partial charge < -0.3 is 14.5 Å². The minimum atomic E-state index is 0.0945. The second kappa shape index (κ2) is 9.02. The Hall–Kier alpha value is -2.37. The fourth-order valence-electron chi connectivity index (χ4n) is 3.28. The molecular formula is C22H29N3O2. The molecule has 0 radical (unpaired) electrons. The number of ether oxygens (including phenoxy) is 1. The lowest BCUT2D eigenvalue weighted by molar-refractivity contribution is -0.127. The summed E-state index contributed by atoms with van der Waals surface area (Å²) in [5.41, 5.74) is 1.03. The van der Waals surface area contributed by atoms with E-state index in [4.69, 9.17) is 4.74 Å². The molecule has 5 nitrogen and oxygen atoms in total. The van der Waals surface area contributed by atoms with Crippen LogP contribution in [-0.2, 0) is 4.79 Å². The molecule has 144 valence electrons. The molecule has 0 saturated carbocycles. The zero-order valence-corrected chi connectivity index (χ0v) is 16.5. The van der Waals surface area contributed by atoms with Gasteiger partial charge in [0.1, 0.15) is 5.75 Å². The minimum absolute atomic E-state index is 0.0945. The number of fused-ring (bicyclic) bond motifs is 1. The lowest BCUT2D eigenvalue weighted by Crippen LogP contribution is -2.49. The van der Waals surface area contributed by atoms with Crippen molar-refractivity contribution in [2.24, 2.45) is 0 Å². The van der Waals surface area contributed by atoms with Gasteiger partial charge in [-0.25, -0.2) is 0 Å². The maximum absolute atomic E-state index is 12.5. The maximum Gasteiger partial charge on any atom is 0.246 e. The second-order valence-corrected chi connectivity index (χ2v) is 7.28. The lowest BCUT2D eigenvalue weighted by atomic mass is 10.1. The van der Waals surface area contributed by atoms with E-state index in [1.54, 1.807) is 13.2 Å². The van der Waals surface area contributed by atoms with E-state index in [9.17, 15) is 4.79 Å². The van der Waals surface area contributed by atoms with Crippen LogP contribution in [0.25, 0.3) is 16.8 Å². The maximum atomic E-state index is 12.5. The topological polar surface area (TPSA) is 36.0 Å². The second-order valence-electron chi connectivity index (χ2n) is 7.28. The highest BCUT2D eigenvalue weighted by Crippen LogP contribution is 2.22. The van der Waals surface area contributed by atoms with Crippen LogP contribution in [0.15, 0.2) is 42.5 Å². The van der Waals surface area contributed by atoms with Gasteiger partial charge in [0.2, 0.25) is 5.91 Å². The monoisotopic (exact) mass is 367 g/mol. The van der Waals surface area contributed by atoms with Crippen LogP contribution in [-0.4, -0.2) is 81.1 Å². The molecule has 0 atom stereocenters. The van der Waals surface area contributed by atoms with Crippen molar-refractivity contribution in [1.29, 1.82) is 0 Å². The molecule has 0 aromatic heterocycles. The standard InChI is InChI=1S/C22H29N3O2/c1-23(2)10-11-24-12-14-25(15-13-24)22(26)9-5-18-4-6-20-17-21(27-3)8-7-19(20)16-18/h4-9,16-17H,10-15H2,1-3H3/b9-5+. The Morgan fingerprint density at radius 1 is 1.07 bits per heavy atom. The van der Waals surface area contributed by atoms with Gasteiger partial charge >= 0.3 is 0 Å². The first-order valence-electron chi connectivity index (χ1n) is 9.47. The third-order valence-corrected chi connectivity index (χ3v) is 5.04. The Morgan fingerprint density at radius 2 is 1.78 bits per heavy atom. The number of benzene rings is 2. The molecule has 1 saturated heterocycles. The first-order chi connectivity index (χ1) is 13.0. The molecule has 2 aromatic rings. The number of hydrogen-bond acceptors (Lipinski definition) is 4. The number of hydrogen-bond donors (Lipinski definition) is 0. The summed E-state index contributed by atoms with van der Waals surface area (Å²) in [6.07, 6.45) is 3.60. The molecule has 0 aliphatic carbocycles. The molecule has 0 spiro atoms. The fourth-order valence-corrected chi connectivity index (χ4v) is 3.28. The summed E-state index contributed by atoms with van der Waals surface area (Å²) in [5, 5.41) is 2.27. The highest BCUT2D eigenvalue weighted by molar-refractivity contribution is 5.93. The molecule has 3 rings (SSSR count). The van der Waals surface area contributed by atoms with Gasteiger partial charge in [-0.05, 0) is 54.7 Å². The van der Waals surface area contributed by atoms with Crippen LogP contribution in [0.3, 0.4) is 0 Å². The zero-order chi connectivity index (χ0) is 19.2. The molecule has 1 amide bonds. The number of nitrogens with zero attached hydrogens (tertiary/aromatic N) is 3. The minimum Gasteiger partial charge on any atom is -0.497 e. The van der Waals surface area contributed by atoms with Crippen LogP contribution in [0.2, 0.25) is 0 Å². The molecule has 1 heterocycles. The van der Waals surface area contributed by atoms with Gasteiger partial charge in [0.15, 0.2) is 0 Å². The van der Waals surface area contributed by atoms with E-state index < -0.39 is 0 Å². The predicted molar refractivity (Wildman–Crippen MR) is 111 cm³/mol. The summed E-state index contributed by atoms with van der Waals surface area (Å²) in [6.45, 7) is 5.62. The van der Waals surface area contributed by atoms with Crippen LogP contribution < -0.4 is 4.74 Å². The third kappa shape index (κ3) is 5.31. The number of carbonyl (C=O) groups excluding carboxylic acids is 1. The van der Waals surface area contributed by atoms with Gasteiger partial charge in [0, 0.05) is 45.3 Å². The van der Waals surface area contributed by atoms with Gasteiger partial charge in [0.25, 0.3) is 0 Å². The summed E-state index contributed by atoms with van der Waals surface area (Å²) in [7, 11) is 5.85. The molecule has 1 fully saturated rings. The highest BCUT2D eigenvalue weighted by atomic mass is 16.5. The van der Waals surface area contributed by atoms with Crippen molar-refractivity contribution in [3.63, 3.8) is 0 Å². The van der Waals surface area contributed by atoms with E-state index in [1.807, 2.05) is 35.2 Å². The van der Waals surface area contributed by atoms with Crippen molar-refractivity contribution in [3.05, 3.63) is 48.0 Å². The molecule has 2 aromatic carbocycles. The molecular weight excluding hydrogens is 338 g/mol. The van der Waals surface area contributed by atoms with Crippen LogP contribution in [0.1, 0.15) is 5.56 Å². The number of amides is 1. The number of rotatable bonds is 6. The van der Waals surface area contributed by atoms with Crippen molar-refractivity contribution >= 4 is 22.8 Å². The average molecular weight is 367 g/mol. The predicted octanol–water partition coefficient (Wildman–Crippen LogP) is 2.57. The van der Waals surface area contributed by atoms with Crippen molar-refractivity contribution in [1.82, 2.24) is 14.7 Å². The summed E-state index contributed by atoms with van der Waals surface area (Å²) < 4.78 is 5.26. The summed E-state index contributed by atoms with van der Waals surface area (Å²) >= 11 is 0. The fraction of sp³-hybridized carbons (Fsp3) is 0.409. The molecule has 0 unspecified atom stereocenters. The average Bonchev–Trinajstić information content (AvgIpc) is 2.70. The Kier molecular flexibility index (Phi) is 6.48. The van der Waals surface area contributed by atoms with E-state index in [2.05, 4.69) is 36.0 Å². The highest BCUT2D eigenvalue weighted by Gasteiger charge is 2.19. The zero-order valence-electron chi connectivity index (χ0n) is 16.5. The quantitative estimate of drug-likeness (QED) is 0.736. The first-order valence-corrected chi connectivity index (χ1v) is 9.47. The van der Waals surface area contributed by atoms with Gasteiger partial charge in [0.05, 0.1) is 7.11 Å². The van der Waals surface area contributed by atoms with E-state index in [-0.39, 0.29) is 5.91 Å². The Morgan fingerprint density at radius 3 is 2.48 bits per heavy atom. The molecule has 5 heteroatoms. The van der Waals surface area contributed by atoms with Crippen molar-refractivity contribution in [2.45, 2.75) is 0 Å². The van der Waals surface area contributed by atoms with Gasteiger partial charge in [-0.2, -0.15) is 0 Å². The van der Waals surface area contributed by atoms with Gasteiger partial charge in [-0.15, -0.1) is 0 Å². The number of piperazine rings is 1. The van der Waals surface area contributed by atoms with E-state index >= 15 is 0 Å². The molecule has 1 aliphatic rings. The third-order valence-electron chi connectivity index (χ3n) is 5.04. The number of methoxy groups -OCH3 is 1. The first kappa shape index (κ1) is 19.4. The van der Waals surface area contributed by atoms with E-state index in [0.29, 0.717) is 0 Å². The molecule has 1 aliphatic heterocycles. The van der Waals surface area contributed by atoms with Crippen LogP contribution in [0.5, 0.6) is 5.75 Å². The van der Waals surface area contributed by atoms with E-state index in [1.165, 1.54) is 0 Å². The van der Waals surface area contributed by atoms with Crippen molar-refractivity contribution in [3.8, 4) is 5.75 Å². The number of carbonyl (C=O) groups is 1. The summed E-state index contributed by atoms with van der Waals surface area (Å²) in [5.74, 6) is 0.947. The number of likely N-dealkylation sites (N-methyl/N-ethyl adjacent to an activating group) is 1. The van der Waals surface area contributed by atoms with Crippen LogP contribution in [0, 0.1) is 0 Å². The smallest absolute Gasteiger partial charge is 0.246 e. The Bertz CT molecular complexity index is 808. The lowest BCUT2D eigenvalue weighted by Gasteiger charge is -2.34. The molecule has 27 heavy (non-hydrogen) atoms. The normalized spacial score (nSPS) is 15.8. The summed E-state index contributed by atoms with van der Waals surface area (Å²) in [6, 6.07) is 12.2. The SMILES string of the molecule is COc1ccc2cc(/C=C/C(=O)N3CCN(CCN(C)C)CC3)ccc2c1. The molecule has 0 N–H and O–H groups in total. The molecule has 0 bridgehead atoms. The van der Waals surface area contributed by atoms with Crippen LogP contribution >= 0.6 is 0 Å². The Labute approximate surface area is 161 Å². The van der Waals surface area contributed by atoms with Gasteiger partial charge in [-0.1, -0.05) is 18.2 Å². The van der Waals surface area contributed by atoms with Gasteiger partial charge in [-0.3, -0.25) is 9.69 Å². The van der Waals surface area contributed by atoms with E-state index in [0.717, 1.165) is 61.4 Å². The largest absolute Gasteiger partial charge is 0.497 e. The van der Waals surface area contributed by atoms with Crippen molar-refractivity contribution in [2.75, 3.05) is 60.5 Å². The van der Waals surface area contributed by atoms with Crippen LogP contribution in [0.4, 0.5) is 0 Å². The summed E-state index contributed by atoms with van der Waals surface area (Å²) in [4.78, 5) is 19.0.